The fourth-order valence-corrected chi connectivity index (χ4v) is 2.67. The molecule has 1 aliphatic carbocycles. The molecule has 4 nitrogen and oxygen atoms in total. The molecule has 110 valence electrons. The number of aryl methyl sites for hydroxylation is 1. The summed E-state index contributed by atoms with van der Waals surface area (Å²) in [4.78, 5) is 14.0. The summed E-state index contributed by atoms with van der Waals surface area (Å²) in [7, 11) is 1.84. The number of hydrogen-bond acceptors (Lipinski definition) is 3. The van der Waals surface area contributed by atoms with Crippen LogP contribution in [0, 0.1) is 12.8 Å². The summed E-state index contributed by atoms with van der Waals surface area (Å²) in [6, 6.07) is 8.11. The summed E-state index contributed by atoms with van der Waals surface area (Å²) in [5.41, 5.74) is 6.97. The van der Waals surface area contributed by atoms with Crippen molar-refractivity contribution in [3.8, 4) is 5.75 Å². The van der Waals surface area contributed by atoms with Crippen LogP contribution in [0.3, 0.4) is 0 Å². The van der Waals surface area contributed by atoms with Gasteiger partial charge < -0.3 is 15.4 Å². The normalized spacial score (nSPS) is 21.8. The Balaban J connectivity index is 1.76. The molecular formula is C16H24N2O2. The molecule has 1 aliphatic rings. The predicted molar refractivity (Wildman–Crippen MR) is 79.6 cm³/mol. The second kappa shape index (κ2) is 6.75. The van der Waals surface area contributed by atoms with Gasteiger partial charge in [0.1, 0.15) is 12.4 Å². The van der Waals surface area contributed by atoms with Crippen molar-refractivity contribution in [2.75, 3.05) is 20.2 Å². The topological polar surface area (TPSA) is 55.6 Å². The van der Waals surface area contributed by atoms with Gasteiger partial charge in [-0.15, -0.1) is 0 Å². The number of para-hydroxylation sites is 1. The minimum Gasteiger partial charge on any atom is -0.491 e. The second-order valence-electron chi connectivity index (χ2n) is 5.64. The predicted octanol–water partition coefficient (Wildman–Crippen LogP) is 1.96. The van der Waals surface area contributed by atoms with Gasteiger partial charge in [0.05, 0.1) is 6.54 Å². The van der Waals surface area contributed by atoms with Crippen LogP contribution in [0.15, 0.2) is 24.3 Å². The monoisotopic (exact) mass is 276 g/mol. The molecule has 0 saturated heterocycles. The second-order valence-corrected chi connectivity index (χ2v) is 5.64. The molecule has 0 heterocycles. The van der Waals surface area contributed by atoms with Gasteiger partial charge in [0.25, 0.3) is 0 Å². The van der Waals surface area contributed by atoms with E-state index in [1.54, 1.807) is 4.90 Å². The molecule has 20 heavy (non-hydrogen) atoms. The van der Waals surface area contributed by atoms with Crippen molar-refractivity contribution in [2.45, 2.75) is 32.2 Å². The van der Waals surface area contributed by atoms with E-state index in [1.165, 1.54) is 0 Å². The van der Waals surface area contributed by atoms with Gasteiger partial charge in [-0.3, -0.25) is 4.79 Å². The fraction of sp³-hybridized carbons (Fsp3) is 0.562. The Bertz CT molecular complexity index is 462. The van der Waals surface area contributed by atoms with Crippen LogP contribution in [0.25, 0.3) is 0 Å². The lowest BCUT2D eigenvalue weighted by Gasteiger charge is -2.21. The van der Waals surface area contributed by atoms with Crippen molar-refractivity contribution >= 4 is 5.91 Å². The maximum atomic E-state index is 12.2. The van der Waals surface area contributed by atoms with Crippen LogP contribution in [-0.4, -0.2) is 37.0 Å². The molecule has 2 rings (SSSR count). The Morgan fingerprint density at radius 1 is 1.40 bits per heavy atom. The molecule has 0 aliphatic heterocycles. The fourth-order valence-electron chi connectivity index (χ4n) is 2.67. The minimum atomic E-state index is 0.105. The third kappa shape index (κ3) is 3.73. The molecule has 0 aromatic heterocycles. The molecule has 1 saturated carbocycles. The summed E-state index contributed by atoms with van der Waals surface area (Å²) in [6.45, 7) is 3.15. The number of rotatable bonds is 5. The summed E-state index contributed by atoms with van der Waals surface area (Å²) in [6.07, 6.45) is 2.70. The Hall–Kier alpha value is -1.55. The van der Waals surface area contributed by atoms with E-state index >= 15 is 0 Å². The molecule has 0 spiro atoms. The summed E-state index contributed by atoms with van der Waals surface area (Å²) in [5.74, 6) is 1.19. The number of amides is 1. The SMILES string of the molecule is Cc1ccccc1OCCN(C)C(=O)[C@H]1CC[C@H](N)C1. The zero-order chi connectivity index (χ0) is 14.5. The number of benzene rings is 1. The van der Waals surface area contributed by atoms with Crippen molar-refractivity contribution in [1.29, 1.82) is 0 Å². The summed E-state index contributed by atoms with van der Waals surface area (Å²) < 4.78 is 5.72. The van der Waals surface area contributed by atoms with Crippen molar-refractivity contribution in [2.24, 2.45) is 11.7 Å². The van der Waals surface area contributed by atoms with E-state index in [0.29, 0.717) is 13.2 Å². The molecule has 1 amide bonds. The van der Waals surface area contributed by atoms with E-state index in [4.69, 9.17) is 10.5 Å². The maximum absolute atomic E-state index is 12.2. The summed E-state index contributed by atoms with van der Waals surface area (Å²) in [5, 5.41) is 0. The van der Waals surface area contributed by atoms with Crippen molar-refractivity contribution in [1.82, 2.24) is 4.90 Å². The standard InChI is InChI=1S/C16H24N2O2/c1-12-5-3-4-6-15(12)20-10-9-18(2)16(19)13-7-8-14(17)11-13/h3-6,13-14H,7-11,17H2,1-2H3/t13-,14-/m0/s1. The quantitative estimate of drug-likeness (QED) is 0.894. The van der Waals surface area contributed by atoms with Crippen LogP contribution >= 0.6 is 0 Å². The van der Waals surface area contributed by atoms with Gasteiger partial charge in [-0.1, -0.05) is 18.2 Å². The van der Waals surface area contributed by atoms with Crippen LogP contribution in [0.1, 0.15) is 24.8 Å². The Labute approximate surface area is 120 Å². The first kappa shape index (κ1) is 14.9. The van der Waals surface area contributed by atoms with Crippen LogP contribution in [0.5, 0.6) is 5.75 Å². The number of nitrogens with zero attached hydrogens (tertiary/aromatic N) is 1. The Morgan fingerprint density at radius 3 is 2.80 bits per heavy atom. The highest BCUT2D eigenvalue weighted by Gasteiger charge is 2.29. The Morgan fingerprint density at radius 2 is 2.15 bits per heavy atom. The molecule has 2 atom stereocenters. The lowest BCUT2D eigenvalue weighted by atomic mass is 10.1. The number of nitrogens with two attached hydrogens (primary N) is 1. The van der Waals surface area contributed by atoms with Gasteiger partial charge in [-0.2, -0.15) is 0 Å². The minimum absolute atomic E-state index is 0.105. The van der Waals surface area contributed by atoms with Crippen molar-refractivity contribution < 1.29 is 9.53 Å². The van der Waals surface area contributed by atoms with Crippen LogP contribution in [-0.2, 0) is 4.79 Å². The van der Waals surface area contributed by atoms with Crippen molar-refractivity contribution in [3.05, 3.63) is 29.8 Å². The molecular weight excluding hydrogens is 252 g/mol. The molecule has 1 aromatic rings. The van der Waals surface area contributed by atoms with E-state index < -0.39 is 0 Å². The van der Waals surface area contributed by atoms with E-state index in [9.17, 15) is 4.79 Å². The van der Waals surface area contributed by atoms with Gasteiger partial charge in [-0.05, 0) is 37.8 Å². The van der Waals surface area contributed by atoms with E-state index in [2.05, 4.69) is 0 Å². The molecule has 0 bridgehead atoms. The molecule has 0 unspecified atom stereocenters. The highest BCUT2D eigenvalue weighted by atomic mass is 16.5. The molecule has 2 N–H and O–H groups in total. The van der Waals surface area contributed by atoms with E-state index in [-0.39, 0.29) is 17.9 Å². The van der Waals surface area contributed by atoms with Gasteiger partial charge in [-0.25, -0.2) is 0 Å². The number of ether oxygens (including phenoxy) is 1. The first-order valence-corrected chi connectivity index (χ1v) is 7.27. The molecule has 1 aromatic carbocycles. The van der Waals surface area contributed by atoms with Gasteiger partial charge >= 0.3 is 0 Å². The van der Waals surface area contributed by atoms with E-state index in [1.807, 2.05) is 38.2 Å². The summed E-state index contributed by atoms with van der Waals surface area (Å²) >= 11 is 0. The highest BCUT2D eigenvalue weighted by molar-refractivity contribution is 5.78. The highest BCUT2D eigenvalue weighted by Crippen LogP contribution is 2.25. The number of likely N-dealkylation sites (N-methyl/N-ethyl adjacent to an activating group) is 1. The van der Waals surface area contributed by atoms with Crippen LogP contribution in [0.4, 0.5) is 0 Å². The lowest BCUT2D eigenvalue weighted by Crippen LogP contribution is -2.35. The number of carbonyl (C=O) groups excluding carboxylic acids is 1. The molecule has 0 radical (unpaired) electrons. The van der Waals surface area contributed by atoms with Crippen LogP contribution < -0.4 is 10.5 Å². The van der Waals surface area contributed by atoms with Crippen molar-refractivity contribution in [3.63, 3.8) is 0 Å². The van der Waals surface area contributed by atoms with E-state index in [0.717, 1.165) is 30.6 Å². The van der Waals surface area contributed by atoms with Crippen LogP contribution in [0.2, 0.25) is 0 Å². The van der Waals surface area contributed by atoms with Gasteiger partial charge in [0, 0.05) is 19.0 Å². The number of carbonyl (C=O) groups is 1. The largest absolute Gasteiger partial charge is 0.491 e. The molecule has 1 fully saturated rings. The zero-order valence-electron chi connectivity index (χ0n) is 12.3. The van der Waals surface area contributed by atoms with Gasteiger partial charge in [0.2, 0.25) is 5.91 Å². The lowest BCUT2D eigenvalue weighted by molar-refractivity contribution is -0.134. The van der Waals surface area contributed by atoms with Gasteiger partial charge in [0.15, 0.2) is 0 Å². The third-order valence-electron chi connectivity index (χ3n) is 3.98. The Kier molecular flexibility index (Phi) is 5.01. The first-order valence-electron chi connectivity index (χ1n) is 7.27. The zero-order valence-corrected chi connectivity index (χ0v) is 12.3. The maximum Gasteiger partial charge on any atom is 0.225 e. The third-order valence-corrected chi connectivity index (χ3v) is 3.98. The molecule has 4 heteroatoms. The first-order chi connectivity index (χ1) is 9.58. The smallest absolute Gasteiger partial charge is 0.225 e. The average Bonchev–Trinajstić information content (AvgIpc) is 2.86. The number of hydrogen-bond donors (Lipinski definition) is 1. The average molecular weight is 276 g/mol.